The lowest BCUT2D eigenvalue weighted by atomic mass is 10.1. The van der Waals surface area contributed by atoms with Gasteiger partial charge in [0.25, 0.3) is 5.91 Å². The Balaban J connectivity index is 3.68. The van der Waals surface area contributed by atoms with Gasteiger partial charge in [-0.05, 0) is 5.92 Å². The van der Waals surface area contributed by atoms with Crippen LogP contribution < -0.4 is 16.9 Å². The molecule has 0 unspecified atom stereocenters. The Morgan fingerprint density at radius 3 is 2.38 bits per heavy atom. The summed E-state index contributed by atoms with van der Waals surface area (Å²) in [6.07, 6.45) is 0. The zero-order chi connectivity index (χ0) is 10.4. The molecule has 5 N–H and O–H groups in total. The smallest absolute Gasteiger partial charge is 0.260 e. The Bertz CT molecular complexity index is 193. The van der Waals surface area contributed by atoms with Crippen LogP contribution >= 0.6 is 0 Å². The fraction of sp³-hybridized carbons (Fsp3) is 0.714. The third-order valence-electron chi connectivity index (χ3n) is 1.41. The number of amides is 2. The van der Waals surface area contributed by atoms with Gasteiger partial charge in [0.1, 0.15) is 0 Å². The van der Waals surface area contributed by atoms with E-state index in [-0.39, 0.29) is 12.5 Å². The van der Waals surface area contributed by atoms with Gasteiger partial charge in [0.05, 0.1) is 6.04 Å². The monoisotopic (exact) mass is 189 g/mol. The van der Waals surface area contributed by atoms with Crippen LogP contribution in [0.3, 0.4) is 0 Å². The highest BCUT2D eigenvalue weighted by atomic mass is 16.7. The first-order chi connectivity index (χ1) is 5.95. The van der Waals surface area contributed by atoms with Gasteiger partial charge >= 0.3 is 0 Å². The highest BCUT2D eigenvalue weighted by Crippen LogP contribution is 1.97. The minimum Gasteiger partial charge on any atom is -0.368 e. The van der Waals surface area contributed by atoms with Crippen molar-refractivity contribution in [3.8, 4) is 0 Å². The second-order valence-electron chi connectivity index (χ2n) is 2.99. The van der Waals surface area contributed by atoms with Crippen LogP contribution in [-0.4, -0.2) is 24.5 Å². The predicted molar refractivity (Wildman–Crippen MR) is 46.1 cm³/mol. The van der Waals surface area contributed by atoms with Crippen molar-refractivity contribution in [3.05, 3.63) is 0 Å². The van der Waals surface area contributed by atoms with E-state index in [0.29, 0.717) is 0 Å². The zero-order valence-electron chi connectivity index (χ0n) is 7.74. The van der Waals surface area contributed by atoms with Crippen molar-refractivity contribution in [2.45, 2.75) is 19.9 Å². The molecule has 0 heterocycles. The Morgan fingerprint density at radius 2 is 2.00 bits per heavy atom. The summed E-state index contributed by atoms with van der Waals surface area (Å²) in [6.45, 7) is 3.26. The molecule has 0 aliphatic carbocycles. The van der Waals surface area contributed by atoms with Gasteiger partial charge in [-0.25, -0.2) is 5.48 Å². The molecule has 6 heteroatoms. The SMILES string of the molecule is CC(C)[C@H](N)C(=O)NOCC(N)=O. The number of hydrogen-bond acceptors (Lipinski definition) is 4. The molecule has 0 fully saturated rings. The molecule has 0 aromatic carbocycles. The first-order valence-corrected chi connectivity index (χ1v) is 3.90. The van der Waals surface area contributed by atoms with Crippen molar-refractivity contribution in [1.29, 1.82) is 0 Å². The van der Waals surface area contributed by atoms with Gasteiger partial charge in [-0.3, -0.25) is 14.4 Å². The minimum absolute atomic E-state index is 0.0113. The van der Waals surface area contributed by atoms with Gasteiger partial charge < -0.3 is 11.5 Å². The molecule has 76 valence electrons. The largest absolute Gasteiger partial charge is 0.368 e. The van der Waals surface area contributed by atoms with Gasteiger partial charge in [0.2, 0.25) is 5.91 Å². The molecule has 0 aromatic rings. The van der Waals surface area contributed by atoms with Gasteiger partial charge in [-0.1, -0.05) is 13.8 Å². The van der Waals surface area contributed by atoms with Crippen molar-refractivity contribution >= 4 is 11.8 Å². The van der Waals surface area contributed by atoms with Crippen LogP contribution in [-0.2, 0) is 14.4 Å². The standard InChI is InChI=1S/C7H15N3O3/c1-4(2)6(9)7(12)10-13-3-5(8)11/h4,6H,3,9H2,1-2H3,(H2,8,11)(H,10,12)/t6-/m0/s1. The van der Waals surface area contributed by atoms with Crippen molar-refractivity contribution in [2.24, 2.45) is 17.4 Å². The summed E-state index contributed by atoms with van der Waals surface area (Å²) in [5, 5.41) is 0. The Kier molecular flexibility index (Phi) is 5.01. The average molecular weight is 189 g/mol. The van der Waals surface area contributed by atoms with E-state index in [1.807, 2.05) is 5.48 Å². The fourth-order valence-electron chi connectivity index (χ4n) is 0.549. The molecule has 0 saturated heterocycles. The van der Waals surface area contributed by atoms with E-state index in [1.165, 1.54) is 0 Å². The molecule has 13 heavy (non-hydrogen) atoms. The third-order valence-corrected chi connectivity index (χ3v) is 1.41. The maximum absolute atomic E-state index is 11.1. The summed E-state index contributed by atoms with van der Waals surface area (Å²) >= 11 is 0. The van der Waals surface area contributed by atoms with Crippen molar-refractivity contribution in [2.75, 3.05) is 6.61 Å². The molecule has 0 rings (SSSR count). The molecule has 0 saturated carbocycles. The van der Waals surface area contributed by atoms with Crippen LogP contribution in [0, 0.1) is 5.92 Å². The van der Waals surface area contributed by atoms with E-state index in [9.17, 15) is 9.59 Å². The number of carbonyl (C=O) groups excluding carboxylic acids is 2. The van der Waals surface area contributed by atoms with Crippen molar-refractivity contribution < 1.29 is 14.4 Å². The average Bonchev–Trinajstić information content (AvgIpc) is 2.02. The number of primary amides is 1. The number of carbonyl (C=O) groups is 2. The molecule has 0 radical (unpaired) electrons. The summed E-state index contributed by atoms with van der Waals surface area (Å²) in [4.78, 5) is 25.7. The van der Waals surface area contributed by atoms with Gasteiger partial charge in [0, 0.05) is 0 Å². The summed E-state index contributed by atoms with van der Waals surface area (Å²) < 4.78 is 0. The Hall–Kier alpha value is -1.14. The van der Waals surface area contributed by atoms with E-state index >= 15 is 0 Å². The molecular weight excluding hydrogens is 174 g/mol. The molecular formula is C7H15N3O3. The molecule has 1 atom stereocenters. The van der Waals surface area contributed by atoms with Crippen LogP contribution in [0.5, 0.6) is 0 Å². The lowest BCUT2D eigenvalue weighted by molar-refractivity contribution is -0.139. The minimum atomic E-state index is -0.654. The normalized spacial score (nSPS) is 12.6. The highest BCUT2D eigenvalue weighted by molar-refractivity contribution is 5.81. The fourth-order valence-corrected chi connectivity index (χ4v) is 0.549. The summed E-state index contributed by atoms with van der Waals surface area (Å²) in [7, 11) is 0. The topological polar surface area (TPSA) is 107 Å². The second-order valence-corrected chi connectivity index (χ2v) is 2.99. The predicted octanol–water partition coefficient (Wildman–Crippen LogP) is -1.50. The lowest BCUT2D eigenvalue weighted by Crippen LogP contribution is -2.44. The third kappa shape index (κ3) is 5.15. The van der Waals surface area contributed by atoms with E-state index in [1.54, 1.807) is 13.8 Å². The number of nitrogens with one attached hydrogen (secondary N) is 1. The summed E-state index contributed by atoms with van der Waals surface area (Å²) in [5.41, 5.74) is 12.3. The molecule has 2 amide bonds. The van der Waals surface area contributed by atoms with E-state index < -0.39 is 17.9 Å². The lowest BCUT2D eigenvalue weighted by Gasteiger charge is -2.14. The van der Waals surface area contributed by atoms with Crippen molar-refractivity contribution in [3.63, 3.8) is 0 Å². The summed E-state index contributed by atoms with van der Waals surface area (Å²) in [6, 6.07) is -0.645. The zero-order valence-corrected chi connectivity index (χ0v) is 7.74. The molecule has 0 bridgehead atoms. The van der Waals surface area contributed by atoms with Gasteiger partial charge in [0.15, 0.2) is 6.61 Å². The van der Waals surface area contributed by atoms with Crippen LogP contribution in [0.2, 0.25) is 0 Å². The molecule has 0 aliphatic heterocycles. The number of rotatable bonds is 5. The molecule has 6 nitrogen and oxygen atoms in total. The first kappa shape index (κ1) is 11.9. The van der Waals surface area contributed by atoms with E-state index in [2.05, 4.69) is 4.84 Å². The first-order valence-electron chi connectivity index (χ1n) is 3.90. The van der Waals surface area contributed by atoms with Gasteiger partial charge in [-0.2, -0.15) is 0 Å². The maximum atomic E-state index is 11.1. The molecule has 0 aliphatic rings. The van der Waals surface area contributed by atoms with E-state index in [0.717, 1.165) is 0 Å². The number of hydrogen-bond donors (Lipinski definition) is 3. The van der Waals surface area contributed by atoms with E-state index in [4.69, 9.17) is 11.5 Å². The van der Waals surface area contributed by atoms with Crippen LogP contribution in [0.15, 0.2) is 0 Å². The summed E-state index contributed by atoms with van der Waals surface area (Å²) in [5.74, 6) is -1.10. The van der Waals surface area contributed by atoms with Crippen LogP contribution in [0.25, 0.3) is 0 Å². The van der Waals surface area contributed by atoms with Crippen LogP contribution in [0.4, 0.5) is 0 Å². The second kappa shape index (κ2) is 5.50. The Morgan fingerprint density at radius 1 is 1.46 bits per heavy atom. The molecule has 0 aromatic heterocycles. The number of nitrogens with two attached hydrogens (primary N) is 2. The van der Waals surface area contributed by atoms with Crippen LogP contribution in [0.1, 0.15) is 13.8 Å². The number of hydroxylamine groups is 1. The Labute approximate surface area is 76.5 Å². The quantitative estimate of drug-likeness (QED) is 0.457. The highest BCUT2D eigenvalue weighted by Gasteiger charge is 2.16. The maximum Gasteiger partial charge on any atom is 0.260 e. The van der Waals surface area contributed by atoms with Crippen molar-refractivity contribution in [1.82, 2.24) is 5.48 Å². The molecule has 0 spiro atoms. The van der Waals surface area contributed by atoms with Gasteiger partial charge in [-0.15, -0.1) is 0 Å².